The maximum atomic E-state index is 14.3. The summed E-state index contributed by atoms with van der Waals surface area (Å²) in [5.74, 6) is 1.20. The third kappa shape index (κ3) is 6.22. The predicted octanol–water partition coefficient (Wildman–Crippen LogP) is 3.66. The van der Waals surface area contributed by atoms with Crippen LogP contribution in [0.2, 0.25) is 0 Å². The number of hydrogen-bond donors (Lipinski definition) is 2. The standard InChI is InChI=1S/C31H37N5O5S/c1-34-15-13-31(14-16-34,29(38)32-25-12-11-23(39-2)18-27(25)40-3)36(19-24-10-7-17-41-24)28(37)21-35-20-26(33-30(35)42)22-8-5-4-6-9-22/h4-12,17-18,26H,13-16,19-21H2,1-3H3,(H,32,38)(H,33,42)/t26-/m1/s1. The zero-order valence-electron chi connectivity index (χ0n) is 24.2. The van der Waals surface area contributed by atoms with Crippen LogP contribution >= 0.6 is 12.2 Å². The van der Waals surface area contributed by atoms with Gasteiger partial charge in [0.05, 0.1) is 45.3 Å². The SMILES string of the molecule is COc1ccc(NC(=O)C2(N(Cc3ccco3)C(=O)CN3C[C@H](c4ccccc4)NC3=S)CCN(C)CC2)c(OC)c1. The zero-order chi connectivity index (χ0) is 29.7. The average molecular weight is 592 g/mol. The Balaban J connectivity index is 1.44. The first-order valence-corrected chi connectivity index (χ1v) is 14.4. The first-order valence-electron chi connectivity index (χ1n) is 14.0. The van der Waals surface area contributed by atoms with Crippen LogP contribution in [0.5, 0.6) is 11.5 Å². The molecule has 10 nitrogen and oxygen atoms in total. The van der Waals surface area contributed by atoms with E-state index in [4.69, 9.17) is 26.1 Å². The molecule has 2 aliphatic rings. The molecule has 2 aliphatic heterocycles. The number of likely N-dealkylation sites (tertiary alicyclic amines) is 1. The lowest BCUT2D eigenvalue weighted by molar-refractivity contribution is -0.150. The van der Waals surface area contributed by atoms with Gasteiger partial charge in [0.1, 0.15) is 22.8 Å². The minimum atomic E-state index is -1.13. The lowest BCUT2D eigenvalue weighted by atomic mass is 9.84. The second-order valence-corrected chi connectivity index (χ2v) is 11.1. The molecule has 3 aromatic rings. The molecule has 0 saturated carbocycles. The van der Waals surface area contributed by atoms with Crippen LogP contribution in [-0.2, 0) is 16.1 Å². The van der Waals surface area contributed by atoms with Crippen molar-refractivity contribution in [3.8, 4) is 11.5 Å². The summed E-state index contributed by atoms with van der Waals surface area (Å²) >= 11 is 5.64. The molecule has 11 heteroatoms. The smallest absolute Gasteiger partial charge is 0.250 e. The minimum Gasteiger partial charge on any atom is -0.497 e. The highest BCUT2D eigenvalue weighted by atomic mass is 32.1. The summed E-state index contributed by atoms with van der Waals surface area (Å²) in [5.41, 5.74) is 0.471. The molecule has 2 fully saturated rings. The summed E-state index contributed by atoms with van der Waals surface area (Å²) in [5, 5.41) is 6.92. The van der Waals surface area contributed by atoms with Crippen LogP contribution in [-0.4, -0.2) is 84.6 Å². The molecule has 5 rings (SSSR count). The Kier molecular flexibility index (Phi) is 8.98. The number of carbonyl (C=O) groups excluding carboxylic acids is 2. The molecule has 2 aromatic carbocycles. The van der Waals surface area contributed by atoms with Gasteiger partial charge in [0, 0.05) is 25.7 Å². The number of nitrogens with zero attached hydrogens (tertiary/aromatic N) is 3. The molecular weight excluding hydrogens is 554 g/mol. The van der Waals surface area contributed by atoms with Crippen molar-refractivity contribution in [2.24, 2.45) is 0 Å². The number of piperidine rings is 1. The number of rotatable bonds is 10. The van der Waals surface area contributed by atoms with Gasteiger partial charge in [-0.15, -0.1) is 0 Å². The van der Waals surface area contributed by atoms with E-state index in [0.717, 1.165) is 5.56 Å². The van der Waals surface area contributed by atoms with Gasteiger partial charge >= 0.3 is 0 Å². The Morgan fingerprint density at radius 1 is 1.10 bits per heavy atom. The summed E-state index contributed by atoms with van der Waals surface area (Å²) in [6.07, 6.45) is 2.48. The molecule has 2 amide bonds. The summed E-state index contributed by atoms with van der Waals surface area (Å²) in [6.45, 7) is 2.03. The number of methoxy groups -OCH3 is 2. The van der Waals surface area contributed by atoms with Crippen molar-refractivity contribution in [3.63, 3.8) is 0 Å². The monoisotopic (exact) mass is 591 g/mol. The van der Waals surface area contributed by atoms with Gasteiger partial charge in [-0.2, -0.15) is 0 Å². The van der Waals surface area contributed by atoms with Crippen LogP contribution in [0.15, 0.2) is 71.3 Å². The average Bonchev–Trinajstić information content (AvgIpc) is 3.66. The maximum Gasteiger partial charge on any atom is 0.250 e. The van der Waals surface area contributed by atoms with Crippen molar-refractivity contribution in [1.29, 1.82) is 0 Å². The summed E-state index contributed by atoms with van der Waals surface area (Å²) in [4.78, 5) is 34.3. The quantitative estimate of drug-likeness (QED) is 0.342. The number of nitrogens with one attached hydrogen (secondary N) is 2. The lowest BCUT2D eigenvalue weighted by Crippen LogP contribution is -2.64. The third-order valence-electron chi connectivity index (χ3n) is 8.12. The summed E-state index contributed by atoms with van der Waals surface area (Å²) in [7, 11) is 5.13. The van der Waals surface area contributed by atoms with E-state index in [1.54, 1.807) is 42.5 Å². The largest absolute Gasteiger partial charge is 0.497 e. The van der Waals surface area contributed by atoms with Crippen molar-refractivity contribution in [1.82, 2.24) is 20.0 Å². The van der Waals surface area contributed by atoms with Crippen LogP contribution in [0.4, 0.5) is 5.69 Å². The lowest BCUT2D eigenvalue weighted by Gasteiger charge is -2.47. The van der Waals surface area contributed by atoms with Crippen LogP contribution in [0.25, 0.3) is 0 Å². The van der Waals surface area contributed by atoms with E-state index in [1.807, 2.05) is 48.3 Å². The fourth-order valence-electron chi connectivity index (χ4n) is 5.63. The van der Waals surface area contributed by atoms with Gasteiger partial charge in [-0.3, -0.25) is 9.59 Å². The van der Waals surface area contributed by atoms with E-state index in [-0.39, 0.29) is 30.9 Å². The van der Waals surface area contributed by atoms with Crippen LogP contribution < -0.4 is 20.1 Å². The van der Waals surface area contributed by atoms with Crippen molar-refractivity contribution < 1.29 is 23.5 Å². The van der Waals surface area contributed by atoms with E-state index in [0.29, 0.717) is 60.5 Å². The number of thiocarbonyl (C=S) groups is 1. The molecule has 0 unspecified atom stereocenters. The van der Waals surface area contributed by atoms with Gasteiger partial charge in [-0.25, -0.2) is 0 Å². The van der Waals surface area contributed by atoms with Crippen molar-refractivity contribution in [3.05, 3.63) is 78.3 Å². The van der Waals surface area contributed by atoms with Gasteiger partial charge in [-0.05, 0) is 61.9 Å². The Labute approximate surface area is 251 Å². The summed E-state index contributed by atoms with van der Waals surface area (Å²) in [6, 6.07) is 18.8. The van der Waals surface area contributed by atoms with E-state index < -0.39 is 5.54 Å². The zero-order valence-corrected chi connectivity index (χ0v) is 25.0. The van der Waals surface area contributed by atoms with Gasteiger partial charge in [0.15, 0.2) is 5.11 Å². The number of benzene rings is 2. The molecular formula is C31H37N5O5S. The number of amides is 2. The molecule has 2 N–H and O–H groups in total. The van der Waals surface area contributed by atoms with Crippen LogP contribution in [0.3, 0.4) is 0 Å². The molecule has 1 aromatic heterocycles. The highest BCUT2D eigenvalue weighted by Crippen LogP contribution is 2.35. The van der Waals surface area contributed by atoms with Crippen LogP contribution in [0.1, 0.15) is 30.2 Å². The van der Waals surface area contributed by atoms with Crippen molar-refractivity contribution >= 4 is 34.8 Å². The molecule has 42 heavy (non-hydrogen) atoms. The van der Waals surface area contributed by atoms with Crippen molar-refractivity contribution in [2.45, 2.75) is 31.0 Å². The number of furan rings is 1. The number of hydrogen-bond acceptors (Lipinski definition) is 7. The fourth-order valence-corrected chi connectivity index (χ4v) is 5.91. The number of ether oxygens (including phenoxy) is 2. The Hall–Kier alpha value is -4.09. The molecule has 0 radical (unpaired) electrons. The van der Waals surface area contributed by atoms with Gasteiger partial charge < -0.3 is 39.2 Å². The van der Waals surface area contributed by atoms with E-state index in [9.17, 15) is 9.59 Å². The topological polar surface area (TPSA) is 99.5 Å². The molecule has 0 spiro atoms. The Morgan fingerprint density at radius 3 is 2.52 bits per heavy atom. The summed E-state index contributed by atoms with van der Waals surface area (Å²) < 4.78 is 16.5. The highest BCUT2D eigenvalue weighted by Gasteiger charge is 2.49. The second kappa shape index (κ2) is 12.8. The number of carbonyl (C=O) groups is 2. The Morgan fingerprint density at radius 2 is 1.86 bits per heavy atom. The molecule has 0 bridgehead atoms. The maximum absolute atomic E-state index is 14.3. The molecule has 0 aliphatic carbocycles. The van der Waals surface area contributed by atoms with Crippen molar-refractivity contribution in [2.75, 3.05) is 52.8 Å². The van der Waals surface area contributed by atoms with Gasteiger partial charge in [-0.1, -0.05) is 30.3 Å². The van der Waals surface area contributed by atoms with Gasteiger partial charge in [0.2, 0.25) is 5.91 Å². The highest BCUT2D eigenvalue weighted by molar-refractivity contribution is 7.80. The second-order valence-electron chi connectivity index (χ2n) is 10.7. The molecule has 2 saturated heterocycles. The first-order chi connectivity index (χ1) is 20.3. The third-order valence-corrected chi connectivity index (χ3v) is 8.50. The molecule has 1 atom stereocenters. The minimum absolute atomic E-state index is 0.0202. The van der Waals surface area contributed by atoms with E-state index in [2.05, 4.69) is 15.5 Å². The van der Waals surface area contributed by atoms with E-state index in [1.165, 1.54) is 7.11 Å². The first kappa shape index (κ1) is 29.4. The Bertz CT molecular complexity index is 1390. The molecule has 222 valence electrons. The van der Waals surface area contributed by atoms with Gasteiger partial charge in [0.25, 0.3) is 5.91 Å². The molecule has 3 heterocycles. The normalized spacial score (nSPS) is 18.3. The van der Waals surface area contributed by atoms with Crippen LogP contribution in [0, 0.1) is 0 Å². The predicted molar refractivity (Wildman–Crippen MR) is 163 cm³/mol. The number of anilines is 1. The fraction of sp³-hybridized carbons (Fsp3) is 0.387. The van der Waals surface area contributed by atoms with E-state index >= 15 is 0 Å².